The van der Waals surface area contributed by atoms with Gasteiger partial charge in [0.05, 0.1) is 34.6 Å². The Labute approximate surface area is 284 Å². The maximum absolute atomic E-state index is 13.8. The fourth-order valence-corrected chi connectivity index (χ4v) is 8.39. The van der Waals surface area contributed by atoms with E-state index in [0.717, 1.165) is 16.8 Å². The standard InChI is InChI=1S/C35H34N4O5S3/c1-3-44-34(41)26-16-18-37(19-17-26)47(42,43)30-11-7-8-27(20-30)32-28(23-39(36-32)29-9-5-4-6-10-29)21-31-33(40)38(35(45)46-31)22-25-14-12-24(2)13-15-25/h4-15,20-21,23,26H,3,16-19,22H2,1-2H3. The van der Waals surface area contributed by atoms with Crippen LogP contribution in [0.5, 0.6) is 0 Å². The lowest BCUT2D eigenvalue weighted by Gasteiger charge is -2.30. The van der Waals surface area contributed by atoms with Gasteiger partial charge in [-0.2, -0.15) is 9.40 Å². The summed E-state index contributed by atoms with van der Waals surface area (Å²) in [4.78, 5) is 28.0. The molecule has 47 heavy (non-hydrogen) atoms. The molecule has 4 aromatic rings. The first-order valence-corrected chi connectivity index (χ1v) is 18.0. The summed E-state index contributed by atoms with van der Waals surface area (Å²) >= 11 is 6.84. The third kappa shape index (κ3) is 7.10. The monoisotopic (exact) mass is 686 g/mol. The predicted octanol–water partition coefficient (Wildman–Crippen LogP) is 6.21. The van der Waals surface area contributed by atoms with E-state index in [2.05, 4.69) is 0 Å². The summed E-state index contributed by atoms with van der Waals surface area (Å²) in [5.74, 6) is -0.774. The van der Waals surface area contributed by atoms with Crippen LogP contribution < -0.4 is 0 Å². The van der Waals surface area contributed by atoms with Crippen molar-refractivity contribution in [1.29, 1.82) is 0 Å². The Bertz CT molecular complexity index is 1950. The molecule has 1 aromatic heterocycles. The first kappa shape index (κ1) is 32.8. The quantitative estimate of drug-likeness (QED) is 0.116. The van der Waals surface area contributed by atoms with E-state index in [4.69, 9.17) is 22.1 Å². The number of para-hydroxylation sites is 1. The smallest absolute Gasteiger partial charge is 0.309 e. The van der Waals surface area contributed by atoms with Gasteiger partial charge < -0.3 is 4.74 Å². The molecule has 0 N–H and O–H groups in total. The molecule has 242 valence electrons. The zero-order chi connectivity index (χ0) is 33.1. The zero-order valence-corrected chi connectivity index (χ0v) is 28.5. The highest BCUT2D eigenvalue weighted by Gasteiger charge is 2.34. The molecule has 6 rings (SSSR count). The summed E-state index contributed by atoms with van der Waals surface area (Å²) < 4.78 is 36.3. The number of sulfonamides is 1. The fraction of sp³-hybridized carbons (Fsp3) is 0.257. The third-order valence-electron chi connectivity index (χ3n) is 8.20. The second-order valence-electron chi connectivity index (χ2n) is 11.4. The molecule has 0 spiro atoms. The first-order chi connectivity index (χ1) is 22.6. The van der Waals surface area contributed by atoms with E-state index < -0.39 is 10.0 Å². The van der Waals surface area contributed by atoms with Crippen molar-refractivity contribution < 1.29 is 22.7 Å². The molecule has 3 aromatic carbocycles. The van der Waals surface area contributed by atoms with Gasteiger partial charge in [-0.1, -0.05) is 84.1 Å². The van der Waals surface area contributed by atoms with Crippen molar-refractivity contribution in [3.63, 3.8) is 0 Å². The normalized spacial score (nSPS) is 17.1. The summed E-state index contributed by atoms with van der Waals surface area (Å²) in [6.45, 7) is 4.91. The number of ether oxygens (including phenoxy) is 1. The number of piperidine rings is 1. The number of thioether (sulfide) groups is 1. The van der Waals surface area contributed by atoms with E-state index in [1.807, 2.05) is 73.8 Å². The van der Waals surface area contributed by atoms with Gasteiger partial charge in [-0.15, -0.1) is 0 Å². The molecule has 2 aliphatic rings. The van der Waals surface area contributed by atoms with Crippen molar-refractivity contribution in [3.05, 3.63) is 107 Å². The summed E-state index contributed by atoms with van der Waals surface area (Å²) in [6, 6.07) is 24.2. The summed E-state index contributed by atoms with van der Waals surface area (Å²) in [6.07, 6.45) is 4.42. The SMILES string of the molecule is CCOC(=O)C1CCN(S(=O)(=O)c2cccc(-c3nn(-c4ccccc4)cc3C=C3SC(=S)N(Cc4ccc(C)cc4)C3=O)c2)CC1. The first-order valence-electron chi connectivity index (χ1n) is 15.4. The summed E-state index contributed by atoms with van der Waals surface area (Å²) in [5.41, 5.74) is 4.69. The van der Waals surface area contributed by atoms with Crippen molar-refractivity contribution in [1.82, 2.24) is 19.0 Å². The Hall–Kier alpha value is -4.10. The maximum atomic E-state index is 13.8. The van der Waals surface area contributed by atoms with Crippen LogP contribution in [0, 0.1) is 12.8 Å². The van der Waals surface area contributed by atoms with Gasteiger partial charge in [-0.05, 0) is 62.6 Å². The lowest BCUT2D eigenvalue weighted by Crippen LogP contribution is -2.40. The lowest BCUT2D eigenvalue weighted by molar-refractivity contribution is -0.149. The Morgan fingerprint density at radius 1 is 1.04 bits per heavy atom. The van der Waals surface area contributed by atoms with E-state index in [9.17, 15) is 18.0 Å². The summed E-state index contributed by atoms with van der Waals surface area (Å²) in [5, 5.41) is 4.86. The number of thiocarbonyl (C=S) groups is 1. The van der Waals surface area contributed by atoms with E-state index in [-0.39, 0.29) is 35.8 Å². The molecule has 0 saturated carbocycles. The Balaban J connectivity index is 1.31. The van der Waals surface area contributed by atoms with Crippen LogP contribution in [0.4, 0.5) is 0 Å². The van der Waals surface area contributed by atoms with Gasteiger partial charge in [0.2, 0.25) is 10.0 Å². The number of rotatable bonds is 9. The molecule has 0 atom stereocenters. The molecule has 2 fully saturated rings. The van der Waals surface area contributed by atoms with Crippen LogP contribution in [0.15, 0.2) is 94.9 Å². The molecule has 3 heterocycles. The van der Waals surface area contributed by atoms with Crippen LogP contribution in [0.3, 0.4) is 0 Å². The number of esters is 1. The topological polar surface area (TPSA) is 102 Å². The molecular formula is C35H34N4O5S3. The highest BCUT2D eigenvalue weighted by molar-refractivity contribution is 8.26. The molecule has 2 saturated heterocycles. The molecule has 2 aliphatic heterocycles. The van der Waals surface area contributed by atoms with Crippen molar-refractivity contribution in [3.8, 4) is 16.9 Å². The van der Waals surface area contributed by atoms with Gasteiger partial charge in [0.1, 0.15) is 10.0 Å². The van der Waals surface area contributed by atoms with Crippen LogP contribution in [-0.2, 0) is 30.9 Å². The van der Waals surface area contributed by atoms with Crippen LogP contribution in [0.2, 0.25) is 0 Å². The molecule has 0 unspecified atom stereocenters. The van der Waals surface area contributed by atoms with Gasteiger partial charge in [0.25, 0.3) is 5.91 Å². The molecule has 0 radical (unpaired) electrons. The molecular weight excluding hydrogens is 653 g/mol. The second kappa shape index (κ2) is 13.9. The molecule has 0 aliphatic carbocycles. The molecule has 12 heteroatoms. The number of benzene rings is 3. The van der Waals surface area contributed by atoms with E-state index in [1.54, 1.807) is 40.8 Å². The number of aromatic nitrogens is 2. The minimum absolute atomic E-state index is 0.134. The zero-order valence-electron chi connectivity index (χ0n) is 26.0. The maximum Gasteiger partial charge on any atom is 0.309 e. The van der Waals surface area contributed by atoms with Crippen LogP contribution in [-0.4, -0.2) is 63.3 Å². The van der Waals surface area contributed by atoms with Crippen LogP contribution >= 0.6 is 24.0 Å². The number of hydrogen-bond donors (Lipinski definition) is 0. The molecule has 1 amide bonds. The summed E-state index contributed by atoms with van der Waals surface area (Å²) in [7, 11) is -3.84. The third-order valence-corrected chi connectivity index (χ3v) is 11.5. The van der Waals surface area contributed by atoms with E-state index in [0.29, 0.717) is 52.0 Å². The molecule has 9 nitrogen and oxygen atoms in total. The number of hydrogen-bond acceptors (Lipinski definition) is 8. The largest absolute Gasteiger partial charge is 0.466 e. The van der Waals surface area contributed by atoms with E-state index >= 15 is 0 Å². The predicted molar refractivity (Wildman–Crippen MR) is 187 cm³/mol. The fourth-order valence-electron chi connectivity index (χ4n) is 5.63. The van der Waals surface area contributed by atoms with Gasteiger partial charge in [-0.3, -0.25) is 14.5 Å². The lowest BCUT2D eigenvalue weighted by atomic mass is 9.98. The average Bonchev–Trinajstić information content (AvgIpc) is 3.62. The Morgan fingerprint density at radius 2 is 1.77 bits per heavy atom. The number of amides is 1. The van der Waals surface area contributed by atoms with Gasteiger partial charge in [0, 0.05) is 30.4 Å². The number of carbonyl (C=O) groups excluding carboxylic acids is 2. The average molecular weight is 687 g/mol. The molecule has 0 bridgehead atoms. The van der Waals surface area contributed by atoms with Crippen LogP contribution in [0.25, 0.3) is 23.0 Å². The van der Waals surface area contributed by atoms with Crippen molar-refractivity contribution in [2.24, 2.45) is 5.92 Å². The van der Waals surface area contributed by atoms with E-state index in [1.165, 1.54) is 16.1 Å². The van der Waals surface area contributed by atoms with Gasteiger partial charge in [0.15, 0.2) is 0 Å². The van der Waals surface area contributed by atoms with Crippen molar-refractivity contribution >= 4 is 56.3 Å². The minimum Gasteiger partial charge on any atom is -0.466 e. The Morgan fingerprint density at radius 3 is 2.47 bits per heavy atom. The van der Waals surface area contributed by atoms with Gasteiger partial charge in [-0.25, -0.2) is 13.1 Å². The highest BCUT2D eigenvalue weighted by Crippen LogP contribution is 2.36. The minimum atomic E-state index is -3.84. The Kier molecular flexibility index (Phi) is 9.74. The van der Waals surface area contributed by atoms with Gasteiger partial charge >= 0.3 is 5.97 Å². The van der Waals surface area contributed by atoms with Crippen molar-refractivity contribution in [2.75, 3.05) is 19.7 Å². The van der Waals surface area contributed by atoms with Crippen molar-refractivity contribution in [2.45, 2.75) is 38.1 Å². The highest BCUT2D eigenvalue weighted by atomic mass is 32.2. The number of nitrogens with zero attached hydrogens (tertiary/aromatic N) is 4. The van der Waals surface area contributed by atoms with Crippen LogP contribution in [0.1, 0.15) is 36.5 Å². The number of aryl methyl sites for hydroxylation is 1. The number of carbonyl (C=O) groups is 2. The second-order valence-corrected chi connectivity index (χ2v) is 15.0.